The van der Waals surface area contributed by atoms with Crippen LogP contribution < -0.4 is 4.74 Å². The van der Waals surface area contributed by atoms with Crippen molar-refractivity contribution in [2.24, 2.45) is 0 Å². The van der Waals surface area contributed by atoms with Gasteiger partial charge < -0.3 is 24.3 Å². The molecule has 6 nitrogen and oxygen atoms in total. The van der Waals surface area contributed by atoms with E-state index in [4.69, 9.17) is 9.47 Å². The Morgan fingerprint density at radius 1 is 1.26 bits per heavy atom. The van der Waals surface area contributed by atoms with Crippen LogP contribution >= 0.6 is 0 Å². The van der Waals surface area contributed by atoms with E-state index in [1.165, 1.54) is 10.5 Å². The highest BCUT2D eigenvalue weighted by Gasteiger charge is 2.16. The molecule has 0 saturated carbocycles. The average Bonchev–Trinajstić information content (AvgIpc) is 2.89. The summed E-state index contributed by atoms with van der Waals surface area (Å²) in [4.78, 5) is 18.4. The van der Waals surface area contributed by atoms with E-state index in [0.29, 0.717) is 0 Å². The number of nitrogens with zero attached hydrogens (tertiary/aromatic N) is 2. The lowest BCUT2D eigenvalue weighted by molar-refractivity contribution is -0.0279. The fourth-order valence-electron chi connectivity index (χ4n) is 2.31. The number of rotatable bonds is 6. The molecule has 1 aromatic heterocycles. The topological polar surface area (TPSA) is 57.8 Å². The van der Waals surface area contributed by atoms with Gasteiger partial charge in [0, 0.05) is 44.7 Å². The second kappa shape index (κ2) is 7.37. The van der Waals surface area contributed by atoms with Gasteiger partial charge in [0.05, 0.1) is 0 Å². The average molecular weight is 319 g/mol. The van der Waals surface area contributed by atoms with Gasteiger partial charge in [-0.05, 0) is 38.2 Å². The molecule has 1 heterocycles. The van der Waals surface area contributed by atoms with Gasteiger partial charge in [-0.25, -0.2) is 4.79 Å². The number of carbonyl (C=O) groups excluding carboxylic acids is 1. The van der Waals surface area contributed by atoms with Crippen LogP contribution in [0.4, 0.5) is 4.79 Å². The zero-order valence-corrected chi connectivity index (χ0v) is 14.4. The van der Waals surface area contributed by atoms with Crippen LogP contribution in [-0.4, -0.2) is 61.9 Å². The molecule has 0 saturated heterocycles. The van der Waals surface area contributed by atoms with Gasteiger partial charge in [0.15, 0.2) is 0 Å². The Hall–Kier alpha value is -2.21. The molecule has 0 spiro atoms. The van der Waals surface area contributed by atoms with Gasteiger partial charge in [0.1, 0.15) is 5.75 Å². The summed E-state index contributed by atoms with van der Waals surface area (Å²) < 4.78 is 11.1. The molecule has 2 aromatic rings. The molecule has 1 atom stereocenters. The van der Waals surface area contributed by atoms with E-state index in [9.17, 15) is 4.79 Å². The summed E-state index contributed by atoms with van der Waals surface area (Å²) in [5, 5.41) is 1.04. The van der Waals surface area contributed by atoms with Crippen molar-refractivity contribution >= 4 is 17.0 Å². The molecule has 0 aliphatic carbocycles. The molecule has 0 bridgehead atoms. The van der Waals surface area contributed by atoms with Crippen molar-refractivity contribution < 1.29 is 14.3 Å². The molecule has 1 aromatic carbocycles. The number of aromatic amines is 1. The van der Waals surface area contributed by atoms with Crippen LogP contribution in [0.5, 0.6) is 5.75 Å². The first-order valence-corrected chi connectivity index (χ1v) is 7.66. The maximum atomic E-state index is 11.6. The molecular formula is C17H25N3O3. The second-order valence-corrected chi connectivity index (χ2v) is 6.01. The van der Waals surface area contributed by atoms with E-state index in [0.717, 1.165) is 29.6 Å². The lowest BCUT2D eigenvalue weighted by atomic mass is 10.1. The van der Waals surface area contributed by atoms with Gasteiger partial charge in [-0.1, -0.05) is 6.07 Å². The predicted molar refractivity (Wildman–Crippen MR) is 90.8 cm³/mol. The van der Waals surface area contributed by atoms with Crippen molar-refractivity contribution in [3.05, 3.63) is 30.0 Å². The Bertz CT molecular complexity index is 664. The smallest absolute Gasteiger partial charge is 0.412 e. The van der Waals surface area contributed by atoms with E-state index in [-0.39, 0.29) is 0 Å². The number of amides is 1. The maximum absolute atomic E-state index is 11.6. The molecule has 0 radical (unpaired) electrons. The van der Waals surface area contributed by atoms with E-state index >= 15 is 0 Å². The van der Waals surface area contributed by atoms with Crippen LogP contribution in [0.2, 0.25) is 0 Å². The van der Waals surface area contributed by atoms with E-state index in [1.807, 2.05) is 24.4 Å². The summed E-state index contributed by atoms with van der Waals surface area (Å²) in [5.41, 5.74) is 2.21. The molecule has 1 amide bonds. The third kappa shape index (κ3) is 4.39. The predicted octanol–water partition coefficient (Wildman–Crippen LogP) is 2.70. The lowest BCUT2D eigenvalue weighted by Gasteiger charge is -2.19. The number of benzene rings is 1. The minimum absolute atomic E-state index is 0.424. The molecule has 0 aliphatic heterocycles. The van der Waals surface area contributed by atoms with Crippen LogP contribution in [0.1, 0.15) is 12.5 Å². The quantitative estimate of drug-likeness (QED) is 0.832. The highest BCUT2D eigenvalue weighted by molar-refractivity contribution is 5.89. The van der Waals surface area contributed by atoms with Crippen molar-refractivity contribution in [1.29, 1.82) is 0 Å². The second-order valence-electron chi connectivity index (χ2n) is 6.01. The monoisotopic (exact) mass is 319 g/mol. The molecule has 126 valence electrons. The molecule has 23 heavy (non-hydrogen) atoms. The Balaban J connectivity index is 2.19. The fourth-order valence-corrected chi connectivity index (χ4v) is 2.31. The van der Waals surface area contributed by atoms with Crippen LogP contribution in [0.3, 0.4) is 0 Å². The number of fused-ring (bicyclic) bond motifs is 1. The van der Waals surface area contributed by atoms with Gasteiger partial charge in [0.2, 0.25) is 6.29 Å². The van der Waals surface area contributed by atoms with E-state index in [2.05, 4.69) is 24.0 Å². The third-order valence-electron chi connectivity index (χ3n) is 3.50. The molecule has 0 fully saturated rings. The Labute approximate surface area is 137 Å². The van der Waals surface area contributed by atoms with Gasteiger partial charge in [-0.3, -0.25) is 0 Å². The Morgan fingerprint density at radius 3 is 2.65 bits per heavy atom. The summed E-state index contributed by atoms with van der Waals surface area (Å²) in [5.74, 6) is 0.719. The molecule has 6 heteroatoms. The number of ether oxygens (including phenoxy) is 2. The number of hydrogen-bond donors (Lipinski definition) is 1. The SMILES string of the molecule is CC(OC(=O)N(C)C)Oc1cccc2[nH]cc(CCN(C)C)c12. The van der Waals surface area contributed by atoms with Crippen LogP contribution in [0.15, 0.2) is 24.4 Å². The fraction of sp³-hybridized carbons (Fsp3) is 0.471. The van der Waals surface area contributed by atoms with Crippen molar-refractivity contribution in [2.45, 2.75) is 19.6 Å². The summed E-state index contributed by atoms with van der Waals surface area (Å²) in [7, 11) is 7.38. The first-order valence-electron chi connectivity index (χ1n) is 7.66. The van der Waals surface area contributed by atoms with E-state index < -0.39 is 12.4 Å². The van der Waals surface area contributed by atoms with E-state index in [1.54, 1.807) is 21.0 Å². The van der Waals surface area contributed by atoms with Gasteiger partial charge >= 0.3 is 6.09 Å². The van der Waals surface area contributed by atoms with Crippen LogP contribution in [-0.2, 0) is 11.2 Å². The Kier molecular flexibility index (Phi) is 5.50. The van der Waals surface area contributed by atoms with Gasteiger partial charge in [0.25, 0.3) is 0 Å². The summed E-state index contributed by atoms with van der Waals surface area (Å²) in [6.07, 6.45) is 1.84. The third-order valence-corrected chi connectivity index (χ3v) is 3.50. The Morgan fingerprint density at radius 2 is 2.00 bits per heavy atom. The first-order chi connectivity index (χ1) is 10.9. The molecule has 1 N–H and O–H groups in total. The molecule has 2 rings (SSSR count). The molecule has 0 aliphatic rings. The lowest BCUT2D eigenvalue weighted by Crippen LogP contribution is -2.29. The van der Waals surface area contributed by atoms with Crippen molar-refractivity contribution in [3.8, 4) is 5.75 Å². The number of aromatic nitrogens is 1. The minimum atomic E-state index is -0.660. The summed E-state index contributed by atoms with van der Waals surface area (Å²) in [6.45, 7) is 2.67. The highest BCUT2D eigenvalue weighted by Crippen LogP contribution is 2.30. The minimum Gasteiger partial charge on any atom is -0.454 e. The number of carbonyl (C=O) groups is 1. The summed E-state index contributed by atoms with van der Waals surface area (Å²) in [6, 6.07) is 5.83. The molecular weight excluding hydrogens is 294 g/mol. The molecule has 1 unspecified atom stereocenters. The van der Waals surface area contributed by atoms with Crippen LogP contribution in [0, 0.1) is 0 Å². The highest BCUT2D eigenvalue weighted by atomic mass is 16.7. The number of hydrogen-bond acceptors (Lipinski definition) is 4. The number of likely N-dealkylation sites (N-methyl/N-ethyl adjacent to an activating group) is 1. The zero-order chi connectivity index (χ0) is 17.0. The normalized spacial score (nSPS) is 12.4. The van der Waals surface area contributed by atoms with Crippen molar-refractivity contribution in [3.63, 3.8) is 0 Å². The van der Waals surface area contributed by atoms with Crippen molar-refractivity contribution in [2.75, 3.05) is 34.7 Å². The standard InChI is InChI=1S/C17H25N3O3/c1-12(23-17(21)20(4)5)22-15-8-6-7-14-16(15)13(11-18-14)9-10-19(2)3/h6-8,11-12,18H,9-10H2,1-5H3. The van der Waals surface area contributed by atoms with Gasteiger partial charge in [-0.2, -0.15) is 0 Å². The van der Waals surface area contributed by atoms with Crippen LogP contribution in [0.25, 0.3) is 10.9 Å². The van der Waals surface area contributed by atoms with Gasteiger partial charge in [-0.15, -0.1) is 0 Å². The zero-order valence-electron chi connectivity index (χ0n) is 14.4. The van der Waals surface area contributed by atoms with Crippen molar-refractivity contribution in [1.82, 2.24) is 14.8 Å². The number of H-pyrrole nitrogens is 1. The first kappa shape index (κ1) is 17.1. The summed E-state index contributed by atoms with van der Waals surface area (Å²) >= 11 is 0. The number of nitrogens with one attached hydrogen (secondary N) is 1. The largest absolute Gasteiger partial charge is 0.454 e. The maximum Gasteiger partial charge on any atom is 0.412 e.